The maximum atomic E-state index is 5.73. The van der Waals surface area contributed by atoms with Crippen LogP contribution in [0.4, 0.5) is 0 Å². The van der Waals surface area contributed by atoms with Crippen LogP contribution in [0.3, 0.4) is 0 Å². The van der Waals surface area contributed by atoms with Crippen LogP contribution in [0.2, 0.25) is 0 Å². The minimum absolute atomic E-state index is 0.744. The maximum Gasteiger partial charge on any atom is 0.145 e. The summed E-state index contributed by atoms with van der Waals surface area (Å²) in [5, 5.41) is 3.12. The number of hydrogen-bond acceptors (Lipinski definition) is 3. The van der Waals surface area contributed by atoms with Gasteiger partial charge in [-0.15, -0.1) is 0 Å². The number of aryl methyl sites for hydroxylation is 1. The highest BCUT2D eigenvalue weighted by Gasteiger charge is 2.03. The third-order valence-electron chi connectivity index (χ3n) is 2.51. The Morgan fingerprint density at radius 2 is 2.00 bits per heavy atom. The third kappa shape index (κ3) is 3.31. The lowest BCUT2D eigenvalue weighted by Crippen LogP contribution is -2.05. The average molecular weight is 307 g/mol. The quantitative estimate of drug-likeness (QED) is 0.936. The van der Waals surface area contributed by atoms with Gasteiger partial charge in [-0.25, -0.2) is 0 Å². The third-order valence-corrected chi connectivity index (χ3v) is 3.25. The van der Waals surface area contributed by atoms with Crippen molar-refractivity contribution in [2.45, 2.75) is 13.5 Å². The summed E-state index contributed by atoms with van der Waals surface area (Å²) in [6.07, 6.45) is 1.73. The van der Waals surface area contributed by atoms with Crippen LogP contribution in [-0.2, 0) is 6.54 Å². The molecule has 1 aromatic carbocycles. The van der Waals surface area contributed by atoms with E-state index in [1.54, 1.807) is 6.20 Å². The van der Waals surface area contributed by atoms with Gasteiger partial charge in [0.05, 0.1) is 6.20 Å². The summed E-state index contributed by atoms with van der Waals surface area (Å²) in [6.45, 7) is 2.78. The zero-order valence-corrected chi connectivity index (χ0v) is 12.0. The van der Waals surface area contributed by atoms with Gasteiger partial charge in [0.2, 0.25) is 0 Å². The second-order valence-corrected chi connectivity index (χ2v) is 4.88. The van der Waals surface area contributed by atoms with Crippen molar-refractivity contribution in [3.05, 3.63) is 52.3 Å². The Balaban J connectivity index is 2.14. The van der Waals surface area contributed by atoms with Crippen molar-refractivity contribution in [1.82, 2.24) is 10.3 Å². The molecular weight excluding hydrogens is 292 g/mol. The van der Waals surface area contributed by atoms with Crippen LogP contribution >= 0.6 is 15.9 Å². The van der Waals surface area contributed by atoms with Gasteiger partial charge in [-0.3, -0.25) is 4.98 Å². The van der Waals surface area contributed by atoms with Crippen molar-refractivity contribution in [1.29, 1.82) is 0 Å². The van der Waals surface area contributed by atoms with Gasteiger partial charge >= 0.3 is 0 Å². The zero-order chi connectivity index (χ0) is 13.0. The fourth-order valence-corrected chi connectivity index (χ4v) is 2.07. The van der Waals surface area contributed by atoms with Crippen molar-refractivity contribution in [3.8, 4) is 11.5 Å². The van der Waals surface area contributed by atoms with Gasteiger partial charge < -0.3 is 10.1 Å². The topological polar surface area (TPSA) is 34.1 Å². The predicted octanol–water partition coefficient (Wildman–Crippen LogP) is 3.66. The van der Waals surface area contributed by atoms with E-state index in [4.69, 9.17) is 4.74 Å². The SMILES string of the molecule is CNCc1ccc(Oc2ccc(C)nc2)cc1Br. The van der Waals surface area contributed by atoms with Gasteiger partial charge in [-0.1, -0.05) is 22.0 Å². The minimum atomic E-state index is 0.744. The number of pyridine rings is 1. The summed E-state index contributed by atoms with van der Waals surface area (Å²) in [5.41, 5.74) is 2.18. The van der Waals surface area contributed by atoms with E-state index in [-0.39, 0.29) is 0 Å². The maximum absolute atomic E-state index is 5.73. The molecule has 2 aromatic rings. The Kier molecular flexibility index (Phi) is 4.33. The lowest BCUT2D eigenvalue weighted by atomic mass is 10.2. The molecular formula is C14H15BrN2O. The molecule has 2 rings (SSSR count). The number of hydrogen-bond donors (Lipinski definition) is 1. The van der Waals surface area contributed by atoms with Gasteiger partial charge in [-0.2, -0.15) is 0 Å². The highest BCUT2D eigenvalue weighted by Crippen LogP contribution is 2.26. The lowest BCUT2D eigenvalue weighted by molar-refractivity contribution is 0.479. The summed E-state index contributed by atoms with van der Waals surface area (Å²) < 4.78 is 6.77. The number of ether oxygens (including phenoxy) is 1. The summed E-state index contributed by atoms with van der Waals surface area (Å²) in [6, 6.07) is 9.80. The van der Waals surface area contributed by atoms with E-state index in [9.17, 15) is 0 Å². The first-order valence-electron chi connectivity index (χ1n) is 5.72. The Hall–Kier alpha value is -1.39. The molecule has 0 spiro atoms. The standard InChI is InChI=1S/C14H15BrN2O/c1-10-3-5-13(9-17-10)18-12-6-4-11(8-16-2)14(15)7-12/h3-7,9,16H,8H2,1-2H3. The van der Waals surface area contributed by atoms with Gasteiger partial charge in [0, 0.05) is 16.7 Å². The van der Waals surface area contributed by atoms with Crippen molar-refractivity contribution < 1.29 is 4.74 Å². The molecule has 1 aromatic heterocycles. The highest BCUT2D eigenvalue weighted by molar-refractivity contribution is 9.10. The van der Waals surface area contributed by atoms with Crippen molar-refractivity contribution >= 4 is 15.9 Å². The molecule has 0 aliphatic rings. The first-order valence-corrected chi connectivity index (χ1v) is 6.52. The second kappa shape index (κ2) is 5.98. The van der Waals surface area contributed by atoms with Crippen LogP contribution in [0.25, 0.3) is 0 Å². The molecule has 4 heteroatoms. The zero-order valence-electron chi connectivity index (χ0n) is 10.4. The van der Waals surface area contributed by atoms with Crippen LogP contribution in [0.1, 0.15) is 11.3 Å². The summed E-state index contributed by atoms with van der Waals surface area (Å²) >= 11 is 3.54. The molecule has 0 unspecified atom stereocenters. The highest BCUT2D eigenvalue weighted by atomic mass is 79.9. The van der Waals surface area contributed by atoms with Gasteiger partial charge in [0.1, 0.15) is 11.5 Å². The van der Waals surface area contributed by atoms with E-state index >= 15 is 0 Å². The normalized spacial score (nSPS) is 10.4. The van der Waals surface area contributed by atoms with Gasteiger partial charge in [0.15, 0.2) is 0 Å². The Labute approximate surface area is 115 Å². The van der Waals surface area contributed by atoms with Crippen LogP contribution in [0.5, 0.6) is 11.5 Å². The van der Waals surface area contributed by atoms with Crippen molar-refractivity contribution in [3.63, 3.8) is 0 Å². The van der Waals surface area contributed by atoms with Crippen molar-refractivity contribution in [2.24, 2.45) is 0 Å². The minimum Gasteiger partial charge on any atom is -0.456 e. The summed E-state index contributed by atoms with van der Waals surface area (Å²) in [5.74, 6) is 1.54. The molecule has 1 heterocycles. The molecule has 0 atom stereocenters. The van der Waals surface area contributed by atoms with Crippen molar-refractivity contribution in [2.75, 3.05) is 7.05 Å². The number of halogens is 1. The molecule has 0 fully saturated rings. The molecule has 0 aliphatic heterocycles. The molecule has 0 saturated carbocycles. The molecule has 0 bridgehead atoms. The number of benzene rings is 1. The predicted molar refractivity (Wildman–Crippen MR) is 76.0 cm³/mol. The fraction of sp³-hybridized carbons (Fsp3) is 0.214. The Bertz CT molecular complexity index is 526. The number of nitrogens with zero attached hydrogens (tertiary/aromatic N) is 1. The van der Waals surface area contributed by atoms with Crippen LogP contribution in [-0.4, -0.2) is 12.0 Å². The smallest absolute Gasteiger partial charge is 0.145 e. The van der Waals surface area contributed by atoms with Crippen LogP contribution < -0.4 is 10.1 Å². The molecule has 94 valence electrons. The second-order valence-electron chi connectivity index (χ2n) is 4.02. The average Bonchev–Trinajstić information content (AvgIpc) is 2.36. The number of aromatic nitrogens is 1. The first-order chi connectivity index (χ1) is 8.69. The van der Waals surface area contributed by atoms with Crippen LogP contribution in [0, 0.1) is 6.92 Å². The summed E-state index contributed by atoms with van der Waals surface area (Å²) in [7, 11) is 1.93. The molecule has 18 heavy (non-hydrogen) atoms. The fourth-order valence-electron chi connectivity index (χ4n) is 1.58. The van der Waals surface area contributed by atoms with E-state index in [0.717, 1.165) is 28.2 Å². The molecule has 1 N–H and O–H groups in total. The summed E-state index contributed by atoms with van der Waals surface area (Å²) in [4.78, 5) is 4.20. The van der Waals surface area contributed by atoms with Gasteiger partial charge in [0.25, 0.3) is 0 Å². The molecule has 0 amide bonds. The number of rotatable bonds is 4. The molecule has 3 nitrogen and oxygen atoms in total. The van der Waals surface area contributed by atoms with E-state index < -0.39 is 0 Å². The lowest BCUT2D eigenvalue weighted by Gasteiger charge is -2.08. The molecule has 0 saturated heterocycles. The first kappa shape index (κ1) is 13.1. The van der Waals surface area contributed by atoms with Gasteiger partial charge in [-0.05, 0) is 43.8 Å². The van der Waals surface area contributed by atoms with E-state index in [0.29, 0.717) is 0 Å². The molecule has 0 radical (unpaired) electrons. The monoisotopic (exact) mass is 306 g/mol. The Morgan fingerprint density at radius 1 is 1.22 bits per heavy atom. The van der Waals surface area contributed by atoms with E-state index in [1.165, 1.54) is 5.56 Å². The van der Waals surface area contributed by atoms with Crippen LogP contribution in [0.15, 0.2) is 41.0 Å². The largest absolute Gasteiger partial charge is 0.456 e. The van der Waals surface area contributed by atoms with E-state index in [2.05, 4.69) is 26.2 Å². The number of nitrogens with one attached hydrogen (secondary N) is 1. The molecule has 0 aliphatic carbocycles. The van der Waals surface area contributed by atoms with E-state index in [1.807, 2.05) is 44.3 Å². The Morgan fingerprint density at radius 3 is 2.61 bits per heavy atom.